The fraction of sp³-hybridized carbons (Fsp3) is 0.464. The maximum Gasteiger partial charge on any atom is 0.252 e. The highest BCUT2D eigenvalue weighted by Gasteiger charge is 2.13. The molecule has 0 radical (unpaired) electrons. The summed E-state index contributed by atoms with van der Waals surface area (Å²) in [7, 11) is 2.73. The highest BCUT2D eigenvalue weighted by Crippen LogP contribution is 2.03. The summed E-state index contributed by atoms with van der Waals surface area (Å²) in [6.07, 6.45) is 7.08. The van der Waals surface area contributed by atoms with Crippen LogP contribution >= 0.6 is 0 Å². The van der Waals surface area contributed by atoms with E-state index >= 15 is 0 Å². The maximum atomic E-state index is 12.0. The Kier molecular flexibility index (Phi) is 26.0. The van der Waals surface area contributed by atoms with Gasteiger partial charge in [0.05, 0.1) is 25.7 Å². The van der Waals surface area contributed by atoms with Crippen LogP contribution in [0.4, 0.5) is 0 Å². The van der Waals surface area contributed by atoms with Crippen molar-refractivity contribution in [2.24, 2.45) is 0 Å². The molecule has 1 atom stereocenters. The van der Waals surface area contributed by atoms with Crippen LogP contribution in [0, 0.1) is 0 Å². The summed E-state index contributed by atoms with van der Waals surface area (Å²) in [4.78, 5) is 79.8. The van der Waals surface area contributed by atoms with Gasteiger partial charge in [-0.05, 0) is 44.9 Å². The fourth-order valence-electron chi connectivity index (χ4n) is 3.05. The molecule has 0 aliphatic heterocycles. The molecule has 0 saturated heterocycles. The average Bonchev–Trinajstić information content (AvgIpc) is 2.98. The molecule has 0 saturated carbocycles. The third-order valence-electron chi connectivity index (χ3n) is 5.01. The molecular weight excluding hydrogens is 534 g/mol. The Balaban J connectivity index is 0. The zero-order valence-electron chi connectivity index (χ0n) is 24.0. The molecule has 0 unspecified atom stereocenters. The van der Waals surface area contributed by atoms with Gasteiger partial charge in [-0.3, -0.25) is 28.9 Å². The molecule has 0 aromatic heterocycles. The maximum absolute atomic E-state index is 12.0. The minimum Gasteiger partial charge on any atom is -0.400 e. The SMILES string of the molecule is C/C=C\C(=O)N(C=O)CCCCCC(=O)NCC(=O)NCC(=O)N[C@H](C=O)Cc1ccccc1.CNCC=O.CO. The molecular formula is C28H43N5O8. The van der Waals surface area contributed by atoms with Crippen molar-refractivity contribution in [2.45, 2.75) is 45.1 Å². The van der Waals surface area contributed by atoms with E-state index in [1.165, 1.54) is 6.08 Å². The number of rotatable bonds is 18. The van der Waals surface area contributed by atoms with Gasteiger partial charge in [-0.15, -0.1) is 0 Å². The van der Waals surface area contributed by atoms with Gasteiger partial charge in [0.15, 0.2) is 0 Å². The van der Waals surface area contributed by atoms with Crippen LogP contribution in [0.1, 0.15) is 38.2 Å². The third kappa shape index (κ3) is 22.3. The monoisotopic (exact) mass is 577 g/mol. The summed E-state index contributed by atoms with van der Waals surface area (Å²) >= 11 is 0. The Morgan fingerprint density at radius 2 is 1.54 bits per heavy atom. The number of allylic oxidation sites excluding steroid dienone is 1. The van der Waals surface area contributed by atoms with Gasteiger partial charge in [0.2, 0.25) is 24.1 Å². The molecule has 5 amide bonds. The molecule has 228 valence electrons. The number of carbonyl (C=O) groups is 7. The first-order valence-electron chi connectivity index (χ1n) is 13.0. The van der Waals surface area contributed by atoms with Crippen molar-refractivity contribution in [1.82, 2.24) is 26.2 Å². The van der Waals surface area contributed by atoms with E-state index in [2.05, 4.69) is 21.3 Å². The number of likely N-dealkylation sites (N-methyl/N-ethyl adjacent to an activating group) is 1. The molecule has 1 rings (SSSR count). The van der Waals surface area contributed by atoms with Gasteiger partial charge in [0.25, 0.3) is 5.91 Å². The van der Waals surface area contributed by atoms with Gasteiger partial charge in [-0.25, -0.2) is 0 Å². The molecule has 41 heavy (non-hydrogen) atoms. The highest BCUT2D eigenvalue weighted by molar-refractivity contribution is 5.94. The number of hydrogen-bond donors (Lipinski definition) is 5. The van der Waals surface area contributed by atoms with E-state index in [0.717, 1.165) is 23.9 Å². The summed E-state index contributed by atoms with van der Waals surface area (Å²) in [5.41, 5.74) is 0.898. The second-order valence-electron chi connectivity index (χ2n) is 8.23. The van der Waals surface area contributed by atoms with E-state index < -0.39 is 17.9 Å². The molecule has 13 nitrogen and oxygen atoms in total. The topological polar surface area (TPSA) is 191 Å². The minimum absolute atomic E-state index is 0.193. The number of aliphatic hydroxyl groups excluding tert-OH is 1. The van der Waals surface area contributed by atoms with Gasteiger partial charge < -0.3 is 36.0 Å². The number of imide groups is 1. The summed E-state index contributed by atoms with van der Waals surface area (Å²) in [6, 6.07) is 8.52. The van der Waals surface area contributed by atoms with Crippen molar-refractivity contribution in [1.29, 1.82) is 0 Å². The second-order valence-corrected chi connectivity index (χ2v) is 8.23. The molecule has 1 aromatic carbocycles. The molecule has 0 spiro atoms. The van der Waals surface area contributed by atoms with Crippen LogP contribution in [0.15, 0.2) is 42.5 Å². The number of unbranched alkanes of at least 4 members (excludes halogenated alkanes) is 2. The molecule has 0 heterocycles. The molecule has 13 heteroatoms. The second kappa shape index (κ2) is 27.3. The lowest BCUT2D eigenvalue weighted by molar-refractivity contribution is -0.134. The molecule has 1 aromatic rings. The number of aliphatic hydroxyl groups is 1. The van der Waals surface area contributed by atoms with Gasteiger partial charge >= 0.3 is 0 Å². The van der Waals surface area contributed by atoms with Crippen molar-refractivity contribution in [3.8, 4) is 0 Å². The fourth-order valence-corrected chi connectivity index (χ4v) is 3.05. The van der Waals surface area contributed by atoms with Crippen LogP contribution in [0.25, 0.3) is 0 Å². The van der Waals surface area contributed by atoms with Crippen LogP contribution in [0.3, 0.4) is 0 Å². The minimum atomic E-state index is -0.702. The number of nitrogens with zero attached hydrogens (tertiary/aromatic N) is 1. The van der Waals surface area contributed by atoms with E-state index in [9.17, 15) is 33.6 Å². The molecule has 5 N–H and O–H groups in total. The Morgan fingerprint density at radius 3 is 2.07 bits per heavy atom. The van der Waals surface area contributed by atoms with Crippen molar-refractivity contribution < 1.29 is 38.7 Å². The van der Waals surface area contributed by atoms with E-state index in [1.807, 2.05) is 30.3 Å². The zero-order chi connectivity index (χ0) is 31.3. The van der Waals surface area contributed by atoms with Crippen LogP contribution in [0.2, 0.25) is 0 Å². The standard InChI is InChI=1S/C24H32N4O6.C3H7NO.CH4O/c1-2-9-24(34)28(18-30)13-8-4-7-12-21(31)25-15-22(32)26-16-23(33)27-20(17-29)14-19-10-5-3-6-11-19;1-4-2-3-5;1-2/h2-3,5-6,9-11,17-18,20H,4,7-8,12-16H2,1H3,(H,25,31)(H,26,32)(H,27,33);3-4H,2H2,1H3;2H,1H3/b9-2-;;/t20-;;/m0../s1. The van der Waals surface area contributed by atoms with Crippen molar-refractivity contribution in [3.63, 3.8) is 0 Å². The number of aldehydes is 2. The summed E-state index contributed by atoms with van der Waals surface area (Å²) in [6.45, 7) is 1.83. The molecule has 0 aliphatic carbocycles. The lowest BCUT2D eigenvalue weighted by Crippen LogP contribution is -2.45. The van der Waals surface area contributed by atoms with E-state index in [4.69, 9.17) is 5.11 Å². The Hall–Kier alpha value is -4.23. The highest BCUT2D eigenvalue weighted by atomic mass is 16.2. The van der Waals surface area contributed by atoms with Gasteiger partial charge in [0.1, 0.15) is 12.6 Å². The predicted octanol–water partition coefficient (Wildman–Crippen LogP) is -0.720. The number of benzene rings is 1. The Bertz CT molecular complexity index is 941. The quantitative estimate of drug-likeness (QED) is 0.0851. The van der Waals surface area contributed by atoms with Gasteiger partial charge in [-0.1, -0.05) is 42.8 Å². The summed E-state index contributed by atoms with van der Waals surface area (Å²) < 4.78 is 0. The number of nitrogens with one attached hydrogen (secondary N) is 4. The van der Waals surface area contributed by atoms with Crippen molar-refractivity contribution >= 4 is 42.6 Å². The normalized spacial score (nSPS) is 10.4. The Labute approximate surface area is 241 Å². The molecule has 0 aliphatic rings. The van der Waals surface area contributed by atoms with Crippen LogP contribution < -0.4 is 21.3 Å². The first-order valence-corrected chi connectivity index (χ1v) is 13.0. The van der Waals surface area contributed by atoms with E-state index in [-0.39, 0.29) is 37.9 Å². The summed E-state index contributed by atoms with van der Waals surface area (Å²) in [5.74, 6) is -1.74. The first kappa shape index (κ1) is 38.9. The predicted molar refractivity (Wildman–Crippen MR) is 153 cm³/mol. The zero-order valence-corrected chi connectivity index (χ0v) is 24.0. The van der Waals surface area contributed by atoms with E-state index in [1.54, 1.807) is 20.0 Å². The Morgan fingerprint density at radius 1 is 0.902 bits per heavy atom. The van der Waals surface area contributed by atoms with E-state index in [0.29, 0.717) is 44.9 Å². The largest absolute Gasteiger partial charge is 0.400 e. The average molecular weight is 578 g/mol. The molecule has 0 fully saturated rings. The third-order valence-corrected chi connectivity index (χ3v) is 5.01. The van der Waals surface area contributed by atoms with Crippen LogP contribution in [0.5, 0.6) is 0 Å². The smallest absolute Gasteiger partial charge is 0.252 e. The van der Waals surface area contributed by atoms with Crippen molar-refractivity contribution in [2.75, 3.05) is 40.3 Å². The number of amides is 5. The number of hydrogen-bond acceptors (Lipinski definition) is 9. The number of carbonyl (C=O) groups excluding carboxylic acids is 7. The molecule has 0 bridgehead atoms. The summed E-state index contributed by atoms with van der Waals surface area (Å²) in [5, 5.41) is 17.0. The van der Waals surface area contributed by atoms with Crippen molar-refractivity contribution in [3.05, 3.63) is 48.0 Å². The lowest BCUT2D eigenvalue weighted by atomic mass is 10.1. The first-order chi connectivity index (χ1) is 19.8. The van der Waals surface area contributed by atoms with Gasteiger partial charge in [0, 0.05) is 20.1 Å². The lowest BCUT2D eigenvalue weighted by Gasteiger charge is -2.13. The van der Waals surface area contributed by atoms with Crippen LogP contribution in [-0.4, -0.2) is 99.0 Å². The van der Waals surface area contributed by atoms with Crippen LogP contribution in [-0.2, 0) is 40.0 Å². The van der Waals surface area contributed by atoms with Gasteiger partial charge in [-0.2, -0.15) is 0 Å².